The van der Waals surface area contributed by atoms with Crippen LogP contribution in [0.2, 0.25) is 5.02 Å². The lowest BCUT2D eigenvalue weighted by Gasteiger charge is -2.05. The van der Waals surface area contributed by atoms with Crippen LogP contribution in [0.4, 0.5) is 14.9 Å². The van der Waals surface area contributed by atoms with Crippen LogP contribution in [-0.4, -0.2) is 12.6 Å². The van der Waals surface area contributed by atoms with Crippen molar-refractivity contribution in [2.45, 2.75) is 13.0 Å². The lowest BCUT2D eigenvalue weighted by atomic mass is 10.1. The van der Waals surface area contributed by atoms with Crippen LogP contribution < -0.4 is 11.1 Å². The summed E-state index contributed by atoms with van der Waals surface area (Å²) in [6.45, 7) is 0.514. The second-order valence-corrected chi connectivity index (χ2v) is 5.33. The highest BCUT2D eigenvalue weighted by Crippen LogP contribution is 2.21. The van der Waals surface area contributed by atoms with E-state index in [2.05, 4.69) is 17.2 Å². The monoisotopic (exact) mass is 346 g/mol. The average Bonchev–Trinajstić information content (AvgIpc) is 2.57. The Kier molecular flexibility index (Phi) is 6.47. The number of amides is 1. The molecule has 0 aliphatic heterocycles. The lowest BCUT2D eigenvalue weighted by molar-refractivity contribution is 0.140. The van der Waals surface area contributed by atoms with E-state index in [9.17, 15) is 9.18 Å². The van der Waals surface area contributed by atoms with Gasteiger partial charge in [0.1, 0.15) is 12.4 Å². The van der Waals surface area contributed by atoms with E-state index in [1.54, 1.807) is 0 Å². The molecule has 2 aromatic carbocycles. The molecule has 0 saturated heterocycles. The Morgan fingerprint density at radius 3 is 2.79 bits per heavy atom. The largest absolute Gasteiger partial charge is 0.445 e. The molecule has 0 aliphatic rings. The van der Waals surface area contributed by atoms with E-state index in [0.717, 1.165) is 11.6 Å². The fourth-order valence-corrected chi connectivity index (χ4v) is 2.05. The van der Waals surface area contributed by atoms with Crippen LogP contribution in [0.25, 0.3) is 0 Å². The number of benzene rings is 2. The second-order valence-electron chi connectivity index (χ2n) is 4.89. The number of halogens is 2. The third-order valence-electron chi connectivity index (χ3n) is 3.05. The lowest BCUT2D eigenvalue weighted by Crippen LogP contribution is -2.24. The fourth-order valence-electron chi connectivity index (χ4n) is 1.85. The number of ether oxygens (including phenoxy) is 1. The number of hydrogen-bond donors (Lipinski definition) is 2. The average molecular weight is 347 g/mol. The molecule has 6 heteroatoms. The van der Waals surface area contributed by atoms with Gasteiger partial charge in [-0.05, 0) is 17.7 Å². The quantitative estimate of drug-likeness (QED) is 0.503. The molecule has 2 aromatic rings. The van der Waals surface area contributed by atoms with Crippen molar-refractivity contribution in [3.05, 3.63) is 64.4 Å². The van der Waals surface area contributed by atoms with Crippen LogP contribution in [0, 0.1) is 17.7 Å². The van der Waals surface area contributed by atoms with Gasteiger partial charge >= 0.3 is 6.09 Å². The zero-order chi connectivity index (χ0) is 17.4. The number of alkyl carbamates (subject to hydrolysis) is 1. The molecule has 0 heterocycles. The minimum Gasteiger partial charge on any atom is -0.445 e. The summed E-state index contributed by atoms with van der Waals surface area (Å²) in [6.07, 6.45) is -0.150. The smallest absolute Gasteiger partial charge is 0.407 e. The normalized spacial score (nSPS) is 9.75. The van der Waals surface area contributed by atoms with E-state index in [1.165, 1.54) is 6.07 Å². The SMILES string of the molecule is Nc1c(F)cc(Cl)cc1C#CCCNC(=O)OCc1ccccc1. The van der Waals surface area contributed by atoms with E-state index in [0.29, 0.717) is 18.5 Å². The minimum absolute atomic E-state index is 0.0397. The first-order chi connectivity index (χ1) is 11.6. The fraction of sp³-hybridized carbons (Fsp3) is 0.167. The molecular weight excluding hydrogens is 331 g/mol. The first-order valence-electron chi connectivity index (χ1n) is 7.24. The number of carbonyl (C=O) groups excluding carboxylic acids is 1. The highest BCUT2D eigenvalue weighted by molar-refractivity contribution is 6.30. The standard InChI is InChI=1S/C18H16ClFN2O2/c19-15-10-14(17(21)16(20)11-15)8-4-5-9-22-18(23)24-12-13-6-2-1-3-7-13/h1-3,6-7,10-11H,5,9,12,21H2,(H,22,23). The van der Waals surface area contributed by atoms with Crippen molar-refractivity contribution >= 4 is 23.4 Å². The molecule has 3 N–H and O–H groups in total. The third kappa shape index (κ3) is 5.49. The number of nitrogens with one attached hydrogen (secondary N) is 1. The van der Waals surface area contributed by atoms with Gasteiger partial charge in [0.15, 0.2) is 0 Å². The Hall–Kier alpha value is -2.71. The topological polar surface area (TPSA) is 64.3 Å². The van der Waals surface area contributed by atoms with E-state index in [-0.39, 0.29) is 17.3 Å². The van der Waals surface area contributed by atoms with Crippen molar-refractivity contribution in [2.75, 3.05) is 12.3 Å². The molecule has 0 radical (unpaired) electrons. The van der Waals surface area contributed by atoms with Gasteiger partial charge in [-0.1, -0.05) is 53.8 Å². The number of carbonyl (C=O) groups is 1. The number of hydrogen-bond acceptors (Lipinski definition) is 3. The van der Waals surface area contributed by atoms with Crippen molar-refractivity contribution in [3.8, 4) is 11.8 Å². The van der Waals surface area contributed by atoms with E-state index < -0.39 is 11.9 Å². The first kappa shape index (κ1) is 17.6. The number of rotatable bonds is 4. The van der Waals surface area contributed by atoms with Gasteiger partial charge in [-0.25, -0.2) is 9.18 Å². The van der Waals surface area contributed by atoms with Crippen molar-refractivity contribution in [1.29, 1.82) is 0 Å². The predicted molar refractivity (Wildman–Crippen MR) is 91.9 cm³/mol. The molecular formula is C18H16ClFN2O2. The van der Waals surface area contributed by atoms with Crippen molar-refractivity contribution in [1.82, 2.24) is 5.32 Å². The summed E-state index contributed by atoms with van der Waals surface area (Å²) >= 11 is 5.75. The Labute approximate surface area is 144 Å². The van der Waals surface area contributed by atoms with Gasteiger partial charge in [-0.3, -0.25) is 0 Å². The zero-order valence-electron chi connectivity index (χ0n) is 12.8. The van der Waals surface area contributed by atoms with E-state index in [4.69, 9.17) is 22.1 Å². The molecule has 4 nitrogen and oxygen atoms in total. The van der Waals surface area contributed by atoms with Crippen molar-refractivity contribution < 1.29 is 13.9 Å². The maximum Gasteiger partial charge on any atom is 0.407 e. The predicted octanol–water partition coefficient (Wildman–Crippen LogP) is 3.73. The molecule has 124 valence electrons. The summed E-state index contributed by atoms with van der Waals surface area (Å²) in [4.78, 5) is 11.5. The van der Waals surface area contributed by atoms with Gasteiger partial charge in [-0.15, -0.1) is 0 Å². The van der Waals surface area contributed by atoms with Gasteiger partial charge in [0, 0.05) is 18.0 Å². The molecule has 0 spiro atoms. The molecule has 0 bridgehead atoms. The molecule has 0 fully saturated rings. The third-order valence-corrected chi connectivity index (χ3v) is 3.27. The van der Waals surface area contributed by atoms with Gasteiger partial charge in [-0.2, -0.15) is 0 Å². The van der Waals surface area contributed by atoms with Crippen LogP contribution in [0.3, 0.4) is 0 Å². The van der Waals surface area contributed by atoms with Gasteiger partial charge < -0.3 is 15.8 Å². The summed E-state index contributed by atoms with van der Waals surface area (Å²) in [5, 5.41) is 2.81. The molecule has 0 aromatic heterocycles. The molecule has 0 unspecified atom stereocenters. The number of anilines is 1. The summed E-state index contributed by atoms with van der Waals surface area (Å²) in [7, 11) is 0. The van der Waals surface area contributed by atoms with Gasteiger partial charge in [0.05, 0.1) is 11.3 Å². The zero-order valence-corrected chi connectivity index (χ0v) is 13.6. The Balaban J connectivity index is 1.74. The Morgan fingerprint density at radius 1 is 1.29 bits per heavy atom. The van der Waals surface area contributed by atoms with Crippen LogP contribution in [0.1, 0.15) is 17.5 Å². The minimum atomic E-state index is -0.602. The van der Waals surface area contributed by atoms with Crippen LogP contribution in [0.15, 0.2) is 42.5 Å². The second kappa shape index (κ2) is 8.80. The molecule has 1 amide bonds. The number of nitrogens with two attached hydrogens (primary N) is 1. The maximum atomic E-state index is 13.4. The van der Waals surface area contributed by atoms with Crippen LogP contribution >= 0.6 is 11.6 Å². The molecule has 24 heavy (non-hydrogen) atoms. The van der Waals surface area contributed by atoms with Crippen LogP contribution in [0.5, 0.6) is 0 Å². The highest BCUT2D eigenvalue weighted by Gasteiger charge is 2.05. The summed E-state index contributed by atoms with van der Waals surface area (Å²) < 4.78 is 18.5. The highest BCUT2D eigenvalue weighted by atomic mass is 35.5. The van der Waals surface area contributed by atoms with E-state index in [1.807, 2.05) is 30.3 Å². The summed E-state index contributed by atoms with van der Waals surface area (Å²) in [5.41, 5.74) is 6.78. The molecule has 0 aliphatic carbocycles. The van der Waals surface area contributed by atoms with E-state index >= 15 is 0 Å². The maximum absolute atomic E-state index is 13.4. The molecule has 0 atom stereocenters. The summed E-state index contributed by atoms with van der Waals surface area (Å²) in [6, 6.07) is 12.0. The van der Waals surface area contributed by atoms with Crippen LogP contribution in [-0.2, 0) is 11.3 Å². The van der Waals surface area contributed by atoms with Gasteiger partial charge in [0.2, 0.25) is 0 Å². The Bertz CT molecular complexity index is 770. The van der Waals surface area contributed by atoms with Gasteiger partial charge in [0.25, 0.3) is 0 Å². The molecule has 0 saturated carbocycles. The first-order valence-corrected chi connectivity index (χ1v) is 7.62. The summed E-state index contributed by atoms with van der Waals surface area (Å²) in [5.74, 6) is 4.93. The van der Waals surface area contributed by atoms with Crippen molar-refractivity contribution in [2.24, 2.45) is 0 Å². The molecule has 2 rings (SSSR count). The Morgan fingerprint density at radius 2 is 2.04 bits per heavy atom. The van der Waals surface area contributed by atoms with Crippen molar-refractivity contribution in [3.63, 3.8) is 0 Å². The number of nitrogen functional groups attached to an aromatic ring is 1.